The molecule has 16 nitrogen and oxygen atoms in total. The highest BCUT2D eigenvalue weighted by atomic mass is 16.4. The van der Waals surface area contributed by atoms with E-state index in [1.165, 1.54) is 6.92 Å². The van der Waals surface area contributed by atoms with E-state index < -0.39 is 66.1 Å². The van der Waals surface area contributed by atoms with Crippen LogP contribution in [-0.4, -0.2) is 77.3 Å². The van der Waals surface area contributed by atoms with Gasteiger partial charge >= 0.3 is 5.97 Å². The van der Waals surface area contributed by atoms with E-state index in [0.29, 0.717) is 0 Å². The summed E-state index contributed by atoms with van der Waals surface area (Å²) in [6, 6.07) is -5.16. The Morgan fingerprint density at radius 3 is 1.91 bits per heavy atom. The fourth-order valence-corrected chi connectivity index (χ4v) is 2.56. The smallest absolute Gasteiger partial charge is 0.326 e. The van der Waals surface area contributed by atoms with E-state index in [9.17, 15) is 33.9 Å². The molecule has 192 valence electrons. The van der Waals surface area contributed by atoms with Gasteiger partial charge < -0.3 is 49.7 Å². The maximum Gasteiger partial charge on any atom is 0.326 e. The lowest BCUT2D eigenvalue weighted by Gasteiger charge is -2.23. The van der Waals surface area contributed by atoms with Crippen LogP contribution in [-0.2, 0) is 28.8 Å². The summed E-state index contributed by atoms with van der Waals surface area (Å²) < 4.78 is 0. The summed E-state index contributed by atoms with van der Waals surface area (Å²) in [5.41, 5.74) is 26.1. The Bertz CT molecular complexity index is 799. The van der Waals surface area contributed by atoms with Crippen molar-refractivity contribution in [3.05, 3.63) is 0 Å². The first-order chi connectivity index (χ1) is 15.7. The van der Waals surface area contributed by atoms with Crippen molar-refractivity contribution in [1.82, 2.24) is 16.0 Å². The predicted molar refractivity (Wildman–Crippen MR) is 119 cm³/mol. The highest BCUT2D eigenvalue weighted by Crippen LogP contribution is 2.02. The zero-order chi connectivity index (χ0) is 26.4. The fourth-order valence-electron chi connectivity index (χ4n) is 2.56. The molecule has 0 saturated carbocycles. The molecular formula is C18H33N9O7. The van der Waals surface area contributed by atoms with E-state index in [4.69, 9.17) is 28.7 Å². The van der Waals surface area contributed by atoms with E-state index in [0.717, 1.165) is 0 Å². The molecule has 0 aromatic rings. The van der Waals surface area contributed by atoms with Gasteiger partial charge in [0.05, 0.1) is 12.5 Å². The zero-order valence-electron chi connectivity index (χ0n) is 18.8. The second-order valence-corrected chi connectivity index (χ2v) is 7.42. The molecule has 0 aliphatic carbocycles. The Kier molecular flexibility index (Phi) is 13.2. The fraction of sp³-hybridized carbons (Fsp3) is 0.611. The third-order valence-corrected chi connectivity index (χ3v) is 4.39. The third kappa shape index (κ3) is 12.8. The quantitative estimate of drug-likeness (QED) is 0.0567. The van der Waals surface area contributed by atoms with E-state index in [1.54, 1.807) is 0 Å². The minimum Gasteiger partial charge on any atom is -0.480 e. The molecule has 4 atom stereocenters. The van der Waals surface area contributed by atoms with E-state index in [2.05, 4.69) is 20.9 Å². The molecule has 0 spiro atoms. The Morgan fingerprint density at radius 2 is 1.41 bits per heavy atom. The summed E-state index contributed by atoms with van der Waals surface area (Å²) in [6.45, 7) is 1.42. The number of primary amides is 2. The van der Waals surface area contributed by atoms with Gasteiger partial charge in [-0.3, -0.25) is 29.0 Å². The maximum atomic E-state index is 12.6. The Morgan fingerprint density at radius 1 is 0.824 bits per heavy atom. The van der Waals surface area contributed by atoms with Crippen LogP contribution in [0.25, 0.3) is 0 Å². The lowest BCUT2D eigenvalue weighted by molar-refractivity contribution is -0.142. The Hall–Kier alpha value is -3.95. The van der Waals surface area contributed by atoms with Crippen LogP contribution >= 0.6 is 0 Å². The highest BCUT2D eigenvalue weighted by molar-refractivity contribution is 5.96. The van der Waals surface area contributed by atoms with Gasteiger partial charge in [-0.25, -0.2) is 4.79 Å². The van der Waals surface area contributed by atoms with Crippen molar-refractivity contribution in [1.29, 1.82) is 0 Å². The van der Waals surface area contributed by atoms with Crippen molar-refractivity contribution in [2.75, 3.05) is 6.54 Å². The molecule has 0 aliphatic heterocycles. The number of aliphatic carboxylic acids is 1. The van der Waals surface area contributed by atoms with E-state index in [1.807, 2.05) is 0 Å². The van der Waals surface area contributed by atoms with Gasteiger partial charge in [0.2, 0.25) is 29.5 Å². The number of rotatable bonds is 16. The van der Waals surface area contributed by atoms with E-state index >= 15 is 0 Å². The van der Waals surface area contributed by atoms with Gasteiger partial charge in [0, 0.05) is 13.0 Å². The van der Waals surface area contributed by atoms with Gasteiger partial charge in [-0.15, -0.1) is 0 Å². The second-order valence-electron chi connectivity index (χ2n) is 7.42. The SMILES string of the molecule is CC(NC(=O)C(N)CCC(N)=O)C(=O)NC(CC(N)=O)C(=O)NC(CCCN=C(N)N)C(=O)O. The van der Waals surface area contributed by atoms with Crippen LogP contribution in [0, 0.1) is 0 Å². The van der Waals surface area contributed by atoms with Gasteiger partial charge in [0.25, 0.3) is 0 Å². The molecule has 5 amide bonds. The average molecular weight is 488 g/mol. The lowest BCUT2D eigenvalue weighted by atomic mass is 10.1. The molecular weight excluding hydrogens is 454 g/mol. The second kappa shape index (κ2) is 15.0. The number of nitrogens with zero attached hydrogens (tertiary/aromatic N) is 1. The summed E-state index contributed by atoms with van der Waals surface area (Å²) >= 11 is 0. The van der Waals surface area contributed by atoms with Gasteiger partial charge in [0.15, 0.2) is 5.96 Å². The molecule has 0 fully saturated rings. The Labute approximate surface area is 195 Å². The Balaban J connectivity index is 5.09. The molecule has 0 saturated heterocycles. The number of amides is 5. The van der Waals surface area contributed by atoms with Crippen molar-refractivity contribution in [2.45, 2.75) is 63.2 Å². The summed E-state index contributed by atoms with van der Waals surface area (Å²) in [6.07, 6.45) is -0.614. The van der Waals surface area contributed by atoms with Crippen LogP contribution in [0.1, 0.15) is 39.0 Å². The number of guanidine groups is 1. The predicted octanol–water partition coefficient (Wildman–Crippen LogP) is -4.93. The van der Waals surface area contributed by atoms with Gasteiger partial charge in [0.1, 0.15) is 18.1 Å². The number of carboxylic acid groups (broad SMARTS) is 1. The summed E-state index contributed by atoms with van der Waals surface area (Å²) in [7, 11) is 0. The number of carbonyl (C=O) groups is 6. The minimum absolute atomic E-state index is 0.0370. The molecule has 0 aliphatic rings. The van der Waals surface area contributed by atoms with Crippen LogP contribution < -0.4 is 44.6 Å². The number of nitrogens with one attached hydrogen (secondary N) is 3. The van der Waals surface area contributed by atoms with Crippen molar-refractivity contribution in [3.8, 4) is 0 Å². The van der Waals surface area contributed by atoms with Gasteiger partial charge in [-0.05, 0) is 26.2 Å². The molecule has 4 unspecified atom stereocenters. The van der Waals surface area contributed by atoms with Gasteiger partial charge in [-0.2, -0.15) is 0 Å². The van der Waals surface area contributed by atoms with Crippen LogP contribution in [0.15, 0.2) is 4.99 Å². The zero-order valence-corrected chi connectivity index (χ0v) is 18.8. The van der Waals surface area contributed by atoms with Crippen molar-refractivity contribution in [3.63, 3.8) is 0 Å². The maximum absolute atomic E-state index is 12.6. The standard InChI is InChI=1S/C18H33N9O7/c1-8(25-15(31)9(19)4-5-12(20)28)14(30)27-11(7-13(21)29)16(32)26-10(17(33)34)3-2-6-24-18(22)23/h8-11H,2-7,19H2,1H3,(H2,20,28)(H2,21,29)(H,25,31)(H,26,32)(H,27,30)(H,33,34)(H4,22,23,24). The number of hydrogen-bond donors (Lipinski definition) is 9. The average Bonchev–Trinajstić information content (AvgIpc) is 2.72. The molecule has 0 aromatic heterocycles. The number of aliphatic imine (C=N–C) groups is 1. The first-order valence-corrected chi connectivity index (χ1v) is 10.3. The lowest BCUT2D eigenvalue weighted by Crippen LogP contribution is -2.57. The molecule has 0 bridgehead atoms. The molecule has 0 heterocycles. The molecule has 14 N–H and O–H groups in total. The number of carbonyl (C=O) groups excluding carboxylic acids is 5. The van der Waals surface area contributed by atoms with Crippen LogP contribution in [0.3, 0.4) is 0 Å². The number of hydrogen-bond acceptors (Lipinski definition) is 8. The molecule has 0 rings (SSSR count). The topological polar surface area (TPSA) is 301 Å². The molecule has 0 radical (unpaired) electrons. The molecule has 16 heteroatoms. The van der Waals surface area contributed by atoms with Crippen molar-refractivity contribution in [2.24, 2.45) is 33.7 Å². The van der Waals surface area contributed by atoms with Crippen molar-refractivity contribution < 1.29 is 33.9 Å². The van der Waals surface area contributed by atoms with Crippen LogP contribution in [0.5, 0.6) is 0 Å². The summed E-state index contributed by atoms with van der Waals surface area (Å²) in [5.74, 6) is -5.69. The summed E-state index contributed by atoms with van der Waals surface area (Å²) in [5, 5.41) is 16.1. The number of carboxylic acids is 1. The molecule has 0 aromatic carbocycles. The highest BCUT2D eigenvalue weighted by Gasteiger charge is 2.29. The van der Waals surface area contributed by atoms with E-state index in [-0.39, 0.29) is 38.2 Å². The summed E-state index contributed by atoms with van der Waals surface area (Å²) in [4.78, 5) is 74.3. The first-order valence-electron chi connectivity index (χ1n) is 10.3. The largest absolute Gasteiger partial charge is 0.480 e. The van der Waals surface area contributed by atoms with Gasteiger partial charge in [-0.1, -0.05) is 0 Å². The molecule has 34 heavy (non-hydrogen) atoms. The third-order valence-electron chi connectivity index (χ3n) is 4.39. The van der Waals surface area contributed by atoms with Crippen LogP contribution in [0.2, 0.25) is 0 Å². The van der Waals surface area contributed by atoms with Crippen molar-refractivity contribution >= 4 is 41.5 Å². The number of nitrogens with two attached hydrogens (primary N) is 5. The van der Waals surface area contributed by atoms with Crippen LogP contribution in [0.4, 0.5) is 0 Å². The monoisotopic (exact) mass is 487 g/mol. The normalized spacial score (nSPS) is 13.9. The minimum atomic E-state index is -1.51. The first kappa shape index (κ1) is 30.0.